The van der Waals surface area contributed by atoms with Gasteiger partial charge in [0, 0.05) is 0 Å². The first kappa shape index (κ1) is 12.0. The van der Waals surface area contributed by atoms with Crippen LogP contribution in [0.4, 0.5) is 0 Å². The summed E-state index contributed by atoms with van der Waals surface area (Å²) in [7, 11) is 0. The Morgan fingerprint density at radius 2 is 1.72 bits per heavy atom. The lowest BCUT2D eigenvalue weighted by molar-refractivity contribution is 0.0733. The highest BCUT2D eigenvalue weighted by atomic mass is 16.5. The average molecular weight is 240 g/mol. The molecule has 0 bridgehead atoms. The molecule has 2 aromatic rings. The highest BCUT2D eigenvalue weighted by Crippen LogP contribution is 2.17. The minimum atomic E-state index is -0.468. The number of hydrogen-bond donors (Lipinski definition) is 0. The van der Waals surface area contributed by atoms with Gasteiger partial charge in [-0.25, -0.2) is 4.79 Å². The zero-order valence-electron chi connectivity index (χ0n) is 9.92. The number of carbonyl (C=O) groups is 2. The summed E-state index contributed by atoms with van der Waals surface area (Å²) in [6.45, 7) is 1.94. The van der Waals surface area contributed by atoms with Crippen molar-refractivity contribution in [3.63, 3.8) is 0 Å². The van der Waals surface area contributed by atoms with Crippen LogP contribution < -0.4 is 4.74 Å². The topological polar surface area (TPSA) is 43.4 Å². The van der Waals surface area contributed by atoms with Gasteiger partial charge in [0.25, 0.3) is 0 Å². The van der Waals surface area contributed by atoms with Crippen molar-refractivity contribution >= 4 is 12.3 Å². The van der Waals surface area contributed by atoms with Crippen LogP contribution in [0, 0.1) is 6.92 Å². The van der Waals surface area contributed by atoms with Gasteiger partial charge in [-0.3, -0.25) is 4.79 Å². The summed E-state index contributed by atoms with van der Waals surface area (Å²) in [5, 5.41) is 0. The highest BCUT2D eigenvalue weighted by molar-refractivity contribution is 5.92. The minimum Gasteiger partial charge on any atom is -0.422 e. The van der Waals surface area contributed by atoms with E-state index in [1.54, 1.807) is 36.4 Å². The summed E-state index contributed by atoms with van der Waals surface area (Å²) >= 11 is 0. The second-order valence-corrected chi connectivity index (χ2v) is 3.91. The second-order valence-electron chi connectivity index (χ2n) is 3.91. The average Bonchev–Trinajstić information content (AvgIpc) is 2.40. The van der Waals surface area contributed by atoms with E-state index in [1.165, 1.54) is 0 Å². The first-order chi connectivity index (χ1) is 8.70. The fourth-order valence-corrected chi connectivity index (χ4v) is 1.52. The number of hydrogen-bond acceptors (Lipinski definition) is 3. The van der Waals surface area contributed by atoms with Gasteiger partial charge < -0.3 is 4.74 Å². The van der Waals surface area contributed by atoms with Gasteiger partial charge in [0.15, 0.2) is 6.29 Å². The van der Waals surface area contributed by atoms with Crippen LogP contribution in [0.5, 0.6) is 5.75 Å². The van der Waals surface area contributed by atoms with Crippen LogP contribution in [0.15, 0.2) is 48.5 Å². The Morgan fingerprint density at radius 3 is 2.39 bits per heavy atom. The Labute approximate surface area is 105 Å². The van der Waals surface area contributed by atoms with Crippen LogP contribution in [0.2, 0.25) is 0 Å². The molecule has 0 fully saturated rings. The fourth-order valence-electron chi connectivity index (χ4n) is 1.52. The van der Waals surface area contributed by atoms with E-state index in [0.717, 1.165) is 5.56 Å². The van der Waals surface area contributed by atoms with E-state index in [9.17, 15) is 9.59 Å². The van der Waals surface area contributed by atoms with Gasteiger partial charge in [-0.1, -0.05) is 29.8 Å². The Morgan fingerprint density at radius 1 is 1.06 bits per heavy atom. The Bertz CT molecular complexity index is 571. The van der Waals surface area contributed by atoms with Crippen molar-refractivity contribution < 1.29 is 14.3 Å². The van der Waals surface area contributed by atoms with Crippen molar-refractivity contribution in [1.82, 2.24) is 0 Å². The molecule has 0 aromatic heterocycles. The largest absolute Gasteiger partial charge is 0.422 e. The quantitative estimate of drug-likeness (QED) is 0.470. The number of rotatable bonds is 3. The van der Waals surface area contributed by atoms with Gasteiger partial charge in [0.1, 0.15) is 5.75 Å². The van der Waals surface area contributed by atoms with Crippen molar-refractivity contribution in [1.29, 1.82) is 0 Å². The van der Waals surface area contributed by atoms with Crippen LogP contribution in [0.25, 0.3) is 0 Å². The molecule has 0 unspecified atom stereocenters. The molecule has 0 saturated carbocycles. The SMILES string of the molecule is Cc1ccc(C(=O)Oc2ccccc2C=O)cc1. The van der Waals surface area contributed by atoms with Crippen molar-refractivity contribution in [3.05, 3.63) is 65.2 Å². The molecule has 0 amide bonds. The molecule has 18 heavy (non-hydrogen) atoms. The zero-order valence-corrected chi connectivity index (χ0v) is 9.92. The first-order valence-electron chi connectivity index (χ1n) is 5.54. The maximum atomic E-state index is 11.9. The molecule has 0 atom stereocenters. The highest BCUT2D eigenvalue weighted by Gasteiger charge is 2.10. The number of benzene rings is 2. The molecule has 2 aromatic carbocycles. The molecule has 0 radical (unpaired) electrons. The van der Waals surface area contributed by atoms with Crippen molar-refractivity contribution in [2.45, 2.75) is 6.92 Å². The Hall–Kier alpha value is -2.42. The van der Waals surface area contributed by atoms with Crippen LogP contribution >= 0.6 is 0 Å². The van der Waals surface area contributed by atoms with Crippen LogP contribution in [0.3, 0.4) is 0 Å². The van der Waals surface area contributed by atoms with Crippen LogP contribution in [-0.2, 0) is 0 Å². The summed E-state index contributed by atoms with van der Waals surface area (Å²) in [6.07, 6.45) is 0.664. The zero-order chi connectivity index (χ0) is 13.0. The molecule has 0 aliphatic rings. The predicted octanol–water partition coefficient (Wildman–Crippen LogP) is 3.03. The summed E-state index contributed by atoms with van der Waals surface area (Å²) in [5.74, 6) is -0.192. The molecule has 2 rings (SSSR count). The van der Waals surface area contributed by atoms with E-state index >= 15 is 0 Å². The van der Waals surface area contributed by atoms with Gasteiger partial charge >= 0.3 is 5.97 Å². The normalized spacial score (nSPS) is 9.83. The lowest BCUT2D eigenvalue weighted by Gasteiger charge is -2.06. The Kier molecular flexibility index (Phi) is 3.53. The number of para-hydroxylation sites is 1. The lowest BCUT2D eigenvalue weighted by atomic mass is 10.1. The molecule has 0 aliphatic heterocycles. The van der Waals surface area contributed by atoms with Gasteiger partial charge in [0.05, 0.1) is 11.1 Å². The predicted molar refractivity (Wildman–Crippen MR) is 68.0 cm³/mol. The summed E-state index contributed by atoms with van der Waals surface area (Å²) < 4.78 is 5.19. The van der Waals surface area contributed by atoms with E-state index in [4.69, 9.17) is 4.74 Å². The lowest BCUT2D eigenvalue weighted by Crippen LogP contribution is -2.09. The number of carbonyl (C=O) groups excluding carboxylic acids is 2. The second kappa shape index (κ2) is 5.27. The summed E-state index contributed by atoms with van der Waals surface area (Å²) in [5.41, 5.74) is 1.89. The summed E-state index contributed by atoms with van der Waals surface area (Å²) in [4.78, 5) is 22.7. The standard InChI is InChI=1S/C15H12O3/c1-11-6-8-12(9-7-11)15(17)18-14-5-3-2-4-13(14)10-16/h2-10H,1H3. The number of ether oxygens (including phenoxy) is 1. The third-order valence-corrected chi connectivity index (χ3v) is 2.54. The maximum Gasteiger partial charge on any atom is 0.343 e. The monoisotopic (exact) mass is 240 g/mol. The smallest absolute Gasteiger partial charge is 0.343 e. The third-order valence-electron chi connectivity index (χ3n) is 2.54. The molecule has 3 heteroatoms. The van der Waals surface area contributed by atoms with Crippen molar-refractivity contribution in [2.75, 3.05) is 0 Å². The number of esters is 1. The molecule has 0 saturated heterocycles. The van der Waals surface area contributed by atoms with Gasteiger partial charge in [-0.2, -0.15) is 0 Å². The van der Waals surface area contributed by atoms with Crippen molar-refractivity contribution in [2.24, 2.45) is 0 Å². The number of aryl methyl sites for hydroxylation is 1. The molecule has 0 heterocycles. The Balaban J connectivity index is 2.21. The molecular weight excluding hydrogens is 228 g/mol. The molecule has 0 spiro atoms. The van der Waals surface area contributed by atoms with E-state index in [0.29, 0.717) is 17.4 Å². The van der Waals surface area contributed by atoms with Gasteiger partial charge in [-0.15, -0.1) is 0 Å². The molecular formula is C15H12O3. The van der Waals surface area contributed by atoms with Crippen molar-refractivity contribution in [3.8, 4) is 5.75 Å². The number of aldehydes is 1. The molecule has 90 valence electrons. The van der Waals surface area contributed by atoms with E-state index < -0.39 is 5.97 Å². The molecule has 0 aliphatic carbocycles. The van der Waals surface area contributed by atoms with Crippen LogP contribution in [0.1, 0.15) is 26.3 Å². The van der Waals surface area contributed by atoms with Gasteiger partial charge in [0.2, 0.25) is 0 Å². The van der Waals surface area contributed by atoms with Gasteiger partial charge in [-0.05, 0) is 31.2 Å². The molecule has 0 N–H and O–H groups in total. The van der Waals surface area contributed by atoms with E-state index in [1.807, 2.05) is 19.1 Å². The molecule has 3 nitrogen and oxygen atoms in total. The van der Waals surface area contributed by atoms with E-state index in [-0.39, 0.29) is 5.75 Å². The van der Waals surface area contributed by atoms with E-state index in [2.05, 4.69) is 0 Å². The van der Waals surface area contributed by atoms with Crippen LogP contribution in [-0.4, -0.2) is 12.3 Å². The first-order valence-corrected chi connectivity index (χ1v) is 5.54. The summed E-state index contributed by atoms with van der Waals surface area (Å²) in [6, 6.07) is 13.7. The minimum absolute atomic E-state index is 0.276. The maximum absolute atomic E-state index is 11.9. The third kappa shape index (κ3) is 2.63. The fraction of sp³-hybridized carbons (Fsp3) is 0.0667.